The zero-order chi connectivity index (χ0) is 12.3. The molecular formula is C14H17N3. The molecule has 0 spiro atoms. The number of pyridine rings is 1. The molecule has 2 heterocycles. The SMILES string of the molecule is CC(C)(C)n1cc(C=Cc2ccccn2)cn1. The first-order valence-corrected chi connectivity index (χ1v) is 5.70. The van der Waals surface area contributed by atoms with E-state index in [1.54, 1.807) is 6.20 Å². The summed E-state index contributed by atoms with van der Waals surface area (Å²) in [6, 6.07) is 5.87. The van der Waals surface area contributed by atoms with Gasteiger partial charge in [0.25, 0.3) is 0 Å². The van der Waals surface area contributed by atoms with E-state index in [2.05, 4.69) is 30.9 Å². The van der Waals surface area contributed by atoms with Gasteiger partial charge in [-0.3, -0.25) is 9.67 Å². The maximum absolute atomic E-state index is 4.34. The van der Waals surface area contributed by atoms with Crippen LogP contribution in [0, 0.1) is 0 Å². The van der Waals surface area contributed by atoms with Crippen LogP contribution in [0.5, 0.6) is 0 Å². The summed E-state index contributed by atoms with van der Waals surface area (Å²) in [5.74, 6) is 0. The van der Waals surface area contributed by atoms with E-state index >= 15 is 0 Å². The normalized spacial score (nSPS) is 12.2. The van der Waals surface area contributed by atoms with Crippen LogP contribution in [0.2, 0.25) is 0 Å². The molecule has 3 nitrogen and oxygen atoms in total. The maximum Gasteiger partial charge on any atom is 0.0629 e. The number of hydrogen-bond donors (Lipinski definition) is 0. The second-order valence-corrected chi connectivity index (χ2v) is 4.98. The van der Waals surface area contributed by atoms with E-state index in [0.29, 0.717) is 0 Å². The van der Waals surface area contributed by atoms with Gasteiger partial charge in [-0.15, -0.1) is 0 Å². The van der Waals surface area contributed by atoms with E-state index in [-0.39, 0.29) is 5.54 Å². The number of hydrogen-bond acceptors (Lipinski definition) is 2. The van der Waals surface area contributed by atoms with Crippen LogP contribution in [0.25, 0.3) is 12.2 Å². The molecule has 0 saturated carbocycles. The first-order valence-electron chi connectivity index (χ1n) is 5.70. The Morgan fingerprint density at radius 3 is 2.59 bits per heavy atom. The first kappa shape index (κ1) is 11.6. The van der Waals surface area contributed by atoms with Crippen LogP contribution in [0.1, 0.15) is 32.0 Å². The van der Waals surface area contributed by atoms with Crippen LogP contribution in [-0.2, 0) is 5.54 Å². The van der Waals surface area contributed by atoms with Gasteiger partial charge in [-0.1, -0.05) is 6.07 Å². The third-order valence-corrected chi connectivity index (χ3v) is 2.42. The van der Waals surface area contributed by atoms with Gasteiger partial charge in [-0.25, -0.2) is 0 Å². The Labute approximate surface area is 102 Å². The monoisotopic (exact) mass is 227 g/mol. The van der Waals surface area contributed by atoms with E-state index < -0.39 is 0 Å². The second kappa shape index (κ2) is 4.53. The molecular weight excluding hydrogens is 210 g/mol. The summed E-state index contributed by atoms with van der Waals surface area (Å²) in [6.45, 7) is 6.39. The van der Waals surface area contributed by atoms with Gasteiger partial charge in [0.2, 0.25) is 0 Å². The topological polar surface area (TPSA) is 30.7 Å². The Kier molecular flexibility index (Phi) is 3.09. The fourth-order valence-electron chi connectivity index (χ4n) is 1.45. The van der Waals surface area contributed by atoms with Gasteiger partial charge in [-0.2, -0.15) is 5.10 Å². The van der Waals surface area contributed by atoms with Gasteiger partial charge in [-0.05, 0) is 45.1 Å². The molecule has 0 bridgehead atoms. The predicted molar refractivity (Wildman–Crippen MR) is 70.4 cm³/mol. The Balaban J connectivity index is 2.15. The molecule has 0 aliphatic carbocycles. The Morgan fingerprint density at radius 2 is 2.00 bits per heavy atom. The molecule has 0 N–H and O–H groups in total. The average molecular weight is 227 g/mol. The summed E-state index contributed by atoms with van der Waals surface area (Å²) in [4.78, 5) is 4.24. The lowest BCUT2D eigenvalue weighted by molar-refractivity contribution is 0.355. The van der Waals surface area contributed by atoms with Crippen LogP contribution in [-0.4, -0.2) is 14.8 Å². The van der Waals surface area contributed by atoms with E-state index in [9.17, 15) is 0 Å². The highest BCUT2D eigenvalue weighted by Gasteiger charge is 2.12. The van der Waals surface area contributed by atoms with Crippen molar-refractivity contribution in [3.05, 3.63) is 48.0 Å². The minimum absolute atomic E-state index is 0.0249. The lowest BCUT2D eigenvalue weighted by Gasteiger charge is -2.18. The molecule has 0 radical (unpaired) electrons. The van der Waals surface area contributed by atoms with Crippen molar-refractivity contribution in [2.75, 3.05) is 0 Å². The second-order valence-electron chi connectivity index (χ2n) is 4.98. The minimum Gasteiger partial charge on any atom is -0.267 e. The van der Waals surface area contributed by atoms with Crippen LogP contribution >= 0.6 is 0 Å². The molecule has 0 aromatic carbocycles. The number of rotatable bonds is 2. The number of aromatic nitrogens is 3. The molecule has 0 unspecified atom stereocenters. The van der Waals surface area contributed by atoms with Crippen LogP contribution in [0.15, 0.2) is 36.8 Å². The highest BCUT2D eigenvalue weighted by molar-refractivity contribution is 5.67. The summed E-state index contributed by atoms with van der Waals surface area (Å²) in [5.41, 5.74) is 2.07. The van der Waals surface area contributed by atoms with Crippen molar-refractivity contribution in [3.8, 4) is 0 Å². The van der Waals surface area contributed by atoms with Gasteiger partial charge in [0.05, 0.1) is 17.4 Å². The van der Waals surface area contributed by atoms with Gasteiger partial charge < -0.3 is 0 Å². The molecule has 2 rings (SSSR count). The van der Waals surface area contributed by atoms with Crippen LogP contribution in [0.3, 0.4) is 0 Å². The summed E-state index contributed by atoms with van der Waals surface area (Å²) >= 11 is 0. The van der Waals surface area contributed by atoms with Crippen molar-refractivity contribution in [2.24, 2.45) is 0 Å². The Bertz CT molecular complexity index is 504. The summed E-state index contributed by atoms with van der Waals surface area (Å²) in [6.07, 6.45) is 9.71. The van der Waals surface area contributed by atoms with Crippen molar-refractivity contribution < 1.29 is 0 Å². The Hall–Kier alpha value is -1.90. The summed E-state index contributed by atoms with van der Waals surface area (Å²) < 4.78 is 1.96. The van der Waals surface area contributed by atoms with Gasteiger partial charge in [0.15, 0.2) is 0 Å². The molecule has 0 fully saturated rings. The van der Waals surface area contributed by atoms with Crippen molar-refractivity contribution in [3.63, 3.8) is 0 Å². The van der Waals surface area contributed by atoms with Crippen molar-refractivity contribution in [2.45, 2.75) is 26.3 Å². The summed E-state index contributed by atoms with van der Waals surface area (Å²) in [7, 11) is 0. The van der Waals surface area contributed by atoms with E-state index in [1.165, 1.54) is 0 Å². The molecule has 0 aliphatic rings. The molecule has 3 heteroatoms. The molecule has 2 aromatic rings. The van der Waals surface area contributed by atoms with Crippen molar-refractivity contribution in [1.82, 2.24) is 14.8 Å². The highest BCUT2D eigenvalue weighted by atomic mass is 15.3. The summed E-state index contributed by atoms with van der Waals surface area (Å²) in [5, 5.41) is 4.34. The molecule has 17 heavy (non-hydrogen) atoms. The van der Waals surface area contributed by atoms with Gasteiger partial charge >= 0.3 is 0 Å². The minimum atomic E-state index is 0.0249. The average Bonchev–Trinajstić information content (AvgIpc) is 2.76. The molecule has 0 aliphatic heterocycles. The largest absolute Gasteiger partial charge is 0.267 e. The van der Waals surface area contributed by atoms with E-state index in [4.69, 9.17) is 0 Å². The maximum atomic E-state index is 4.34. The van der Waals surface area contributed by atoms with Gasteiger partial charge in [0.1, 0.15) is 0 Å². The third-order valence-electron chi connectivity index (χ3n) is 2.42. The van der Waals surface area contributed by atoms with Crippen molar-refractivity contribution >= 4 is 12.2 Å². The standard InChI is InChI=1S/C14H17N3/c1-14(2,3)17-11-12(10-16-17)7-8-13-6-4-5-9-15-13/h4-11H,1-3H3. The van der Waals surface area contributed by atoms with Crippen LogP contribution < -0.4 is 0 Å². The molecule has 0 saturated heterocycles. The molecule has 88 valence electrons. The highest BCUT2D eigenvalue weighted by Crippen LogP contribution is 2.14. The van der Waals surface area contributed by atoms with E-state index in [1.807, 2.05) is 47.4 Å². The molecule has 0 amide bonds. The zero-order valence-electron chi connectivity index (χ0n) is 10.5. The smallest absolute Gasteiger partial charge is 0.0629 e. The first-order chi connectivity index (χ1) is 8.05. The van der Waals surface area contributed by atoms with Crippen molar-refractivity contribution in [1.29, 1.82) is 0 Å². The lowest BCUT2D eigenvalue weighted by atomic mass is 10.1. The third kappa shape index (κ3) is 3.03. The number of nitrogens with zero attached hydrogens (tertiary/aromatic N) is 3. The van der Waals surface area contributed by atoms with E-state index in [0.717, 1.165) is 11.3 Å². The quantitative estimate of drug-likeness (QED) is 0.788. The lowest BCUT2D eigenvalue weighted by Crippen LogP contribution is -2.21. The fraction of sp³-hybridized carbons (Fsp3) is 0.286. The van der Waals surface area contributed by atoms with Crippen LogP contribution in [0.4, 0.5) is 0 Å². The fourth-order valence-corrected chi connectivity index (χ4v) is 1.45. The molecule has 0 atom stereocenters. The Morgan fingerprint density at radius 1 is 1.18 bits per heavy atom. The predicted octanol–water partition coefficient (Wildman–Crippen LogP) is 3.20. The zero-order valence-corrected chi connectivity index (χ0v) is 10.5. The molecule has 2 aromatic heterocycles. The van der Waals surface area contributed by atoms with Gasteiger partial charge in [0, 0.05) is 18.0 Å².